The number of nitrogen functional groups attached to an aromatic ring is 1. The van der Waals surface area contributed by atoms with Crippen molar-refractivity contribution in [2.45, 2.75) is 17.3 Å². The minimum Gasteiger partial charge on any atom is -0.368 e. The van der Waals surface area contributed by atoms with Crippen molar-refractivity contribution in [2.24, 2.45) is 0 Å². The third kappa shape index (κ3) is 3.97. The average molecular weight is 342 g/mol. The van der Waals surface area contributed by atoms with Gasteiger partial charge < -0.3 is 11.1 Å². The smallest absolute Gasteiger partial charge is 0.237 e. The molecule has 0 radical (unpaired) electrons. The SMILES string of the molecule is C[C@@H](Sc1n[nH]c(N)n1)C(=O)Nc1ccc(Br)cc1. The van der Waals surface area contributed by atoms with E-state index in [1.54, 1.807) is 6.92 Å². The largest absolute Gasteiger partial charge is 0.368 e. The first-order valence-electron chi connectivity index (χ1n) is 5.45. The third-order valence-corrected chi connectivity index (χ3v) is 3.74. The van der Waals surface area contributed by atoms with Gasteiger partial charge in [-0.05, 0) is 31.2 Å². The van der Waals surface area contributed by atoms with Gasteiger partial charge in [0.2, 0.25) is 17.0 Å². The summed E-state index contributed by atoms with van der Waals surface area (Å²) in [5.74, 6) is 0.124. The number of amides is 1. The van der Waals surface area contributed by atoms with E-state index < -0.39 is 0 Å². The molecule has 1 amide bonds. The van der Waals surface area contributed by atoms with Gasteiger partial charge in [0.1, 0.15) is 0 Å². The second-order valence-corrected chi connectivity index (χ2v) is 5.98. The van der Waals surface area contributed by atoms with Gasteiger partial charge >= 0.3 is 0 Å². The van der Waals surface area contributed by atoms with E-state index in [1.807, 2.05) is 24.3 Å². The Labute approximate surface area is 122 Å². The van der Waals surface area contributed by atoms with Crippen LogP contribution >= 0.6 is 27.7 Å². The molecule has 100 valence electrons. The van der Waals surface area contributed by atoms with Gasteiger partial charge in [-0.2, -0.15) is 4.98 Å². The highest BCUT2D eigenvalue weighted by Crippen LogP contribution is 2.21. The van der Waals surface area contributed by atoms with Gasteiger partial charge in [-0.25, -0.2) is 5.10 Å². The highest BCUT2D eigenvalue weighted by molar-refractivity contribution is 9.10. The van der Waals surface area contributed by atoms with Crippen LogP contribution in [0.1, 0.15) is 6.92 Å². The van der Waals surface area contributed by atoms with Crippen LogP contribution in [0.2, 0.25) is 0 Å². The number of anilines is 2. The van der Waals surface area contributed by atoms with E-state index in [4.69, 9.17) is 5.73 Å². The number of nitrogens with one attached hydrogen (secondary N) is 2. The molecule has 2 aromatic rings. The Morgan fingerprint density at radius 2 is 2.16 bits per heavy atom. The van der Waals surface area contributed by atoms with E-state index in [9.17, 15) is 4.79 Å². The number of rotatable bonds is 4. The normalized spacial score (nSPS) is 12.1. The Hall–Kier alpha value is -1.54. The Morgan fingerprint density at radius 1 is 1.47 bits per heavy atom. The number of H-pyrrole nitrogens is 1. The van der Waals surface area contributed by atoms with Crippen LogP contribution < -0.4 is 11.1 Å². The predicted octanol–water partition coefficient (Wildman–Crippen LogP) is 2.27. The van der Waals surface area contributed by atoms with Crippen molar-refractivity contribution in [1.29, 1.82) is 0 Å². The maximum absolute atomic E-state index is 12.0. The summed E-state index contributed by atoms with van der Waals surface area (Å²) in [5, 5.41) is 9.35. The predicted molar refractivity (Wildman–Crippen MR) is 78.9 cm³/mol. The van der Waals surface area contributed by atoms with Crippen molar-refractivity contribution in [1.82, 2.24) is 15.2 Å². The zero-order valence-corrected chi connectivity index (χ0v) is 12.5. The number of carbonyl (C=O) groups excluding carboxylic acids is 1. The van der Waals surface area contributed by atoms with Gasteiger partial charge in [-0.15, -0.1) is 5.10 Å². The van der Waals surface area contributed by atoms with Crippen molar-refractivity contribution < 1.29 is 4.79 Å². The fourth-order valence-electron chi connectivity index (χ4n) is 1.30. The van der Waals surface area contributed by atoms with Crippen LogP contribution in [0, 0.1) is 0 Å². The van der Waals surface area contributed by atoms with Crippen LogP contribution in [0.5, 0.6) is 0 Å². The summed E-state index contributed by atoms with van der Waals surface area (Å²) in [7, 11) is 0. The Balaban J connectivity index is 1.94. The highest BCUT2D eigenvalue weighted by atomic mass is 79.9. The number of hydrogen-bond donors (Lipinski definition) is 3. The lowest BCUT2D eigenvalue weighted by atomic mass is 10.3. The Morgan fingerprint density at radius 3 is 2.74 bits per heavy atom. The van der Waals surface area contributed by atoms with Crippen LogP contribution in [0.4, 0.5) is 11.6 Å². The molecule has 2 rings (SSSR count). The van der Waals surface area contributed by atoms with E-state index in [2.05, 4.69) is 36.4 Å². The van der Waals surface area contributed by atoms with Crippen molar-refractivity contribution in [2.75, 3.05) is 11.1 Å². The highest BCUT2D eigenvalue weighted by Gasteiger charge is 2.16. The molecule has 0 aliphatic heterocycles. The summed E-state index contributed by atoms with van der Waals surface area (Å²) in [5.41, 5.74) is 6.17. The molecule has 1 aromatic heterocycles. The number of carbonyl (C=O) groups is 1. The van der Waals surface area contributed by atoms with Gasteiger partial charge in [-0.3, -0.25) is 4.79 Å². The molecule has 19 heavy (non-hydrogen) atoms. The maximum atomic E-state index is 12.0. The van der Waals surface area contributed by atoms with Crippen molar-refractivity contribution in [3.05, 3.63) is 28.7 Å². The lowest BCUT2D eigenvalue weighted by Gasteiger charge is -2.10. The molecular weight excluding hydrogens is 330 g/mol. The van der Waals surface area contributed by atoms with Gasteiger partial charge in [0.15, 0.2) is 0 Å². The molecule has 0 saturated carbocycles. The fourth-order valence-corrected chi connectivity index (χ4v) is 2.30. The van der Waals surface area contributed by atoms with Crippen molar-refractivity contribution in [3.63, 3.8) is 0 Å². The summed E-state index contributed by atoms with van der Waals surface area (Å²) in [6.07, 6.45) is 0. The molecule has 0 aliphatic rings. The first kappa shape index (κ1) is 13.9. The number of nitrogens with two attached hydrogens (primary N) is 1. The van der Waals surface area contributed by atoms with Crippen molar-refractivity contribution in [3.8, 4) is 0 Å². The van der Waals surface area contributed by atoms with Crippen LogP contribution in [0.3, 0.4) is 0 Å². The second kappa shape index (κ2) is 6.07. The molecule has 0 spiro atoms. The van der Waals surface area contributed by atoms with E-state index in [-0.39, 0.29) is 17.1 Å². The zero-order valence-electron chi connectivity index (χ0n) is 10.1. The molecule has 0 unspecified atom stereocenters. The molecule has 0 bridgehead atoms. The molecule has 1 aromatic carbocycles. The van der Waals surface area contributed by atoms with Crippen LogP contribution in [0.25, 0.3) is 0 Å². The quantitative estimate of drug-likeness (QED) is 0.741. The van der Waals surface area contributed by atoms with E-state index in [1.165, 1.54) is 11.8 Å². The molecule has 0 saturated heterocycles. The summed E-state index contributed by atoms with van der Waals surface area (Å²) in [4.78, 5) is 15.9. The van der Waals surface area contributed by atoms with E-state index in [0.29, 0.717) is 5.16 Å². The molecule has 1 heterocycles. The number of nitrogens with zero attached hydrogens (tertiary/aromatic N) is 2. The van der Waals surface area contributed by atoms with E-state index >= 15 is 0 Å². The number of hydrogen-bond acceptors (Lipinski definition) is 5. The molecule has 6 nitrogen and oxygen atoms in total. The Bertz CT molecular complexity index is 571. The third-order valence-electron chi connectivity index (χ3n) is 2.25. The first-order valence-corrected chi connectivity index (χ1v) is 7.13. The fraction of sp³-hybridized carbons (Fsp3) is 0.182. The van der Waals surface area contributed by atoms with E-state index in [0.717, 1.165) is 10.2 Å². The zero-order chi connectivity index (χ0) is 13.8. The molecular formula is C11H12BrN5OS. The van der Waals surface area contributed by atoms with Gasteiger partial charge in [-0.1, -0.05) is 27.7 Å². The van der Waals surface area contributed by atoms with Gasteiger partial charge in [0.05, 0.1) is 5.25 Å². The summed E-state index contributed by atoms with van der Waals surface area (Å²) in [6, 6.07) is 7.38. The second-order valence-electron chi connectivity index (χ2n) is 3.76. The standard InChI is InChI=1S/C11H12BrN5OS/c1-6(19-11-15-10(13)16-17-11)9(18)14-8-4-2-7(12)3-5-8/h2-6H,1H3,(H,14,18)(H3,13,15,16,17)/t6-/m1/s1. The monoisotopic (exact) mass is 341 g/mol. The molecule has 0 fully saturated rings. The lowest BCUT2D eigenvalue weighted by Crippen LogP contribution is -2.22. The van der Waals surface area contributed by atoms with Crippen LogP contribution in [-0.4, -0.2) is 26.3 Å². The Kier molecular flexibility index (Phi) is 4.43. The number of halogens is 1. The number of aromatic nitrogens is 3. The molecule has 8 heteroatoms. The molecule has 1 atom stereocenters. The number of aromatic amines is 1. The maximum Gasteiger partial charge on any atom is 0.237 e. The van der Waals surface area contributed by atoms with Crippen molar-refractivity contribution >= 4 is 45.2 Å². The molecule has 0 aliphatic carbocycles. The minimum absolute atomic E-state index is 0.115. The van der Waals surface area contributed by atoms with Gasteiger partial charge in [0.25, 0.3) is 0 Å². The summed E-state index contributed by atoms with van der Waals surface area (Å²) >= 11 is 4.58. The summed E-state index contributed by atoms with van der Waals surface area (Å²) < 4.78 is 0.962. The first-order chi connectivity index (χ1) is 9.04. The van der Waals surface area contributed by atoms with Gasteiger partial charge in [0, 0.05) is 10.2 Å². The average Bonchev–Trinajstić information content (AvgIpc) is 2.77. The minimum atomic E-state index is -0.321. The van der Waals surface area contributed by atoms with Crippen LogP contribution in [-0.2, 0) is 4.79 Å². The van der Waals surface area contributed by atoms with Crippen LogP contribution in [0.15, 0.2) is 33.9 Å². The lowest BCUT2D eigenvalue weighted by molar-refractivity contribution is -0.115. The summed E-state index contributed by atoms with van der Waals surface area (Å²) in [6.45, 7) is 1.78. The topological polar surface area (TPSA) is 96.7 Å². The molecule has 4 N–H and O–H groups in total. The number of benzene rings is 1. The number of thioether (sulfide) groups is 1.